The van der Waals surface area contributed by atoms with Gasteiger partial charge in [0.05, 0.1) is 16.8 Å². The zero-order valence-electron chi connectivity index (χ0n) is 16.4. The van der Waals surface area contributed by atoms with Gasteiger partial charge in [-0.1, -0.05) is 72.0 Å². The Morgan fingerprint density at radius 2 is 1.57 bits per heavy atom. The van der Waals surface area contributed by atoms with Crippen LogP contribution >= 0.6 is 11.3 Å². The molecule has 0 aliphatic carbocycles. The third kappa shape index (κ3) is 3.84. The summed E-state index contributed by atoms with van der Waals surface area (Å²) < 4.78 is 1.17. The number of aromatic nitrogens is 1. The standard InChI is InChI=1S/C25H21N4S/c1-3-10-20(11-4-1)16-19-28(21-12-5-2-6-13-21)24-26-17-9-18-29(24)25-27-22-14-7-8-15-23(22)30-25/h1-15,17-18H,16,19H2. The SMILES string of the molecule is [CH]1C=CN=C(N(CCc2ccccc2)c2ccccc2)N1c1nc2ccccc2s1. The van der Waals surface area contributed by atoms with Gasteiger partial charge < -0.3 is 4.90 Å². The van der Waals surface area contributed by atoms with Crippen LogP contribution in [0.25, 0.3) is 10.2 Å². The number of anilines is 2. The van der Waals surface area contributed by atoms with E-state index in [2.05, 4.69) is 82.6 Å². The predicted molar refractivity (Wildman–Crippen MR) is 127 cm³/mol. The average Bonchev–Trinajstić information content (AvgIpc) is 3.25. The Labute approximate surface area is 180 Å². The second kappa shape index (κ2) is 8.51. The number of fused-ring (bicyclic) bond motifs is 1. The zero-order valence-corrected chi connectivity index (χ0v) is 17.2. The molecule has 0 bridgehead atoms. The Bertz CT molecular complexity index is 1150. The summed E-state index contributed by atoms with van der Waals surface area (Å²) in [7, 11) is 0. The molecule has 5 heteroatoms. The first-order chi connectivity index (χ1) is 14.9. The molecule has 0 N–H and O–H groups in total. The van der Waals surface area contributed by atoms with E-state index in [0.29, 0.717) is 0 Å². The van der Waals surface area contributed by atoms with Crippen molar-refractivity contribution in [1.29, 1.82) is 0 Å². The molecule has 0 atom stereocenters. The van der Waals surface area contributed by atoms with Gasteiger partial charge in [0, 0.05) is 18.4 Å². The summed E-state index contributed by atoms with van der Waals surface area (Å²) in [5.74, 6) is 0.860. The van der Waals surface area contributed by atoms with Crippen LogP contribution in [-0.2, 0) is 6.42 Å². The molecule has 0 amide bonds. The van der Waals surface area contributed by atoms with Crippen molar-refractivity contribution >= 4 is 38.3 Å². The van der Waals surface area contributed by atoms with Gasteiger partial charge in [0.2, 0.25) is 5.96 Å². The summed E-state index contributed by atoms with van der Waals surface area (Å²) in [6.07, 6.45) is 4.72. The molecule has 0 unspecified atom stereocenters. The Morgan fingerprint density at radius 1 is 0.833 bits per heavy atom. The number of nitrogens with zero attached hydrogens (tertiary/aromatic N) is 4. The summed E-state index contributed by atoms with van der Waals surface area (Å²) in [5.41, 5.74) is 3.43. The Hall–Kier alpha value is -3.44. The fourth-order valence-corrected chi connectivity index (χ4v) is 4.46. The molecule has 1 aromatic heterocycles. The van der Waals surface area contributed by atoms with Crippen molar-refractivity contribution in [2.45, 2.75) is 6.42 Å². The molecule has 1 aliphatic rings. The zero-order chi connectivity index (χ0) is 20.2. The van der Waals surface area contributed by atoms with E-state index in [4.69, 9.17) is 9.98 Å². The highest BCUT2D eigenvalue weighted by Crippen LogP contribution is 2.32. The lowest BCUT2D eigenvalue weighted by atomic mass is 10.1. The number of rotatable bonds is 5. The van der Waals surface area contributed by atoms with Crippen LogP contribution < -0.4 is 9.80 Å². The van der Waals surface area contributed by atoms with Gasteiger partial charge in [-0.2, -0.15) is 0 Å². The quantitative estimate of drug-likeness (QED) is 0.411. The number of guanidine groups is 1. The maximum atomic E-state index is 4.85. The van der Waals surface area contributed by atoms with Crippen LogP contribution in [0.2, 0.25) is 0 Å². The molecule has 0 saturated carbocycles. The highest BCUT2D eigenvalue weighted by molar-refractivity contribution is 7.22. The lowest BCUT2D eigenvalue weighted by Gasteiger charge is -2.33. The predicted octanol–water partition coefficient (Wildman–Crippen LogP) is 5.90. The van der Waals surface area contributed by atoms with Crippen LogP contribution in [0.5, 0.6) is 0 Å². The minimum Gasteiger partial charge on any atom is -0.312 e. The first kappa shape index (κ1) is 18.6. The molecule has 2 heterocycles. The Balaban J connectivity index is 1.50. The molecule has 0 saturated heterocycles. The van der Waals surface area contributed by atoms with Crippen LogP contribution in [0, 0.1) is 6.54 Å². The Morgan fingerprint density at radius 3 is 2.37 bits per heavy atom. The normalized spacial score (nSPS) is 13.5. The van der Waals surface area contributed by atoms with E-state index in [1.54, 1.807) is 11.3 Å². The molecule has 147 valence electrons. The van der Waals surface area contributed by atoms with E-state index in [1.165, 1.54) is 10.3 Å². The Kier molecular flexibility index (Phi) is 5.27. The number of thiazole rings is 1. The van der Waals surface area contributed by atoms with Gasteiger partial charge in [-0.25, -0.2) is 9.98 Å². The van der Waals surface area contributed by atoms with Gasteiger partial charge >= 0.3 is 0 Å². The number of benzene rings is 3. The molecule has 4 aromatic rings. The summed E-state index contributed by atoms with van der Waals surface area (Å²) >= 11 is 1.68. The monoisotopic (exact) mass is 409 g/mol. The molecule has 4 nitrogen and oxygen atoms in total. The molecular formula is C25H21N4S. The summed E-state index contributed by atoms with van der Waals surface area (Å²) in [5, 5.41) is 0.917. The van der Waals surface area contributed by atoms with E-state index >= 15 is 0 Å². The second-order valence-electron chi connectivity index (χ2n) is 6.98. The lowest BCUT2D eigenvalue weighted by Crippen LogP contribution is -2.45. The molecule has 0 fully saturated rings. The number of hydrogen-bond acceptors (Lipinski definition) is 5. The van der Waals surface area contributed by atoms with Crippen molar-refractivity contribution in [3.63, 3.8) is 0 Å². The third-order valence-electron chi connectivity index (χ3n) is 4.99. The molecule has 1 aliphatic heterocycles. The van der Waals surface area contributed by atoms with Crippen molar-refractivity contribution in [2.24, 2.45) is 4.99 Å². The van der Waals surface area contributed by atoms with Crippen molar-refractivity contribution in [3.05, 3.63) is 109 Å². The van der Waals surface area contributed by atoms with Crippen LogP contribution in [-0.4, -0.2) is 17.5 Å². The van der Waals surface area contributed by atoms with Crippen molar-refractivity contribution in [3.8, 4) is 0 Å². The van der Waals surface area contributed by atoms with E-state index in [0.717, 1.165) is 35.3 Å². The van der Waals surface area contributed by atoms with Crippen LogP contribution in [0.15, 0.2) is 102 Å². The second-order valence-corrected chi connectivity index (χ2v) is 7.99. The maximum Gasteiger partial charge on any atom is 0.212 e. The van der Waals surface area contributed by atoms with Gasteiger partial charge in [0.15, 0.2) is 5.13 Å². The first-order valence-electron chi connectivity index (χ1n) is 9.98. The van der Waals surface area contributed by atoms with E-state index in [-0.39, 0.29) is 0 Å². The largest absolute Gasteiger partial charge is 0.312 e. The summed E-state index contributed by atoms with van der Waals surface area (Å²) in [4.78, 5) is 14.0. The fraction of sp³-hybridized carbons (Fsp3) is 0.0800. The maximum absolute atomic E-state index is 4.85. The van der Waals surface area contributed by atoms with Crippen LogP contribution in [0.3, 0.4) is 0 Å². The smallest absolute Gasteiger partial charge is 0.212 e. The third-order valence-corrected chi connectivity index (χ3v) is 6.03. The fourth-order valence-electron chi connectivity index (χ4n) is 3.51. The lowest BCUT2D eigenvalue weighted by molar-refractivity contribution is 0.914. The van der Waals surface area contributed by atoms with Crippen molar-refractivity contribution in [1.82, 2.24) is 4.98 Å². The number of hydrogen-bond donors (Lipinski definition) is 0. The highest BCUT2D eigenvalue weighted by Gasteiger charge is 2.25. The summed E-state index contributed by atoms with van der Waals surface area (Å²) in [6.45, 7) is 2.86. The minimum absolute atomic E-state index is 0.815. The summed E-state index contributed by atoms with van der Waals surface area (Å²) in [6, 6.07) is 29.2. The van der Waals surface area contributed by atoms with Crippen molar-refractivity contribution in [2.75, 3.05) is 16.3 Å². The molecule has 1 radical (unpaired) electrons. The minimum atomic E-state index is 0.815. The first-order valence-corrected chi connectivity index (χ1v) is 10.8. The molecule has 0 spiro atoms. The van der Waals surface area contributed by atoms with E-state index in [1.807, 2.05) is 31.0 Å². The number of para-hydroxylation sites is 2. The number of aliphatic imine (C=N–C) groups is 1. The topological polar surface area (TPSA) is 31.7 Å². The van der Waals surface area contributed by atoms with Gasteiger partial charge in [0.25, 0.3) is 0 Å². The van der Waals surface area contributed by atoms with Crippen LogP contribution in [0.4, 0.5) is 10.8 Å². The highest BCUT2D eigenvalue weighted by atomic mass is 32.1. The molecule has 3 aromatic carbocycles. The van der Waals surface area contributed by atoms with E-state index in [9.17, 15) is 0 Å². The van der Waals surface area contributed by atoms with Crippen molar-refractivity contribution < 1.29 is 0 Å². The molecule has 5 rings (SSSR count). The van der Waals surface area contributed by atoms with Gasteiger partial charge in [-0.3, -0.25) is 4.90 Å². The average molecular weight is 410 g/mol. The van der Waals surface area contributed by atoms with Gasteiger partial charge in [-0.05, 0) is 42.3 Å². The van der Waals surface area contributed by atoms with Gasteiger partial charge in [-0.15, -0.1) is 0 Å². The van der Waals surface area contributed by atoms with Gasteiger partial charge in [0.1, 0.15) is 0 Å². The van der Waals surface area contributed by atoms with E-state index < -0.39 is 0 Å². The molecule has 30 heavy (non-hydrogen) atoms. The van der Waals surface area contributed by atoms with Crippen LogP contribution in [0.1, 0.15) is 5.56 Å². The molecular weight excluding hydrogens is 388 g/mol.